The first-order valence-corrected chi connectivity index (χ1v) is 4.58. The lowest BCUT2D eigenvalue weighted by molar-refractivity contribution is 0.547. The van der Waals surface area contributed by atoms with E-state index in [-0.39, 0.29) is 0 Å². The van der Waals surface area contributed by atoms with E-state index in [2.05, 4.69) is 15.9 Å². The van der Waals surface area contributed by atoms with Crippen molar-refractivity contribution in [1.29, 1.82) is 0 Å². The molecule has 0 amide bonds. The maximum Gasteiger partial charge on any atom is 0.00598 e. The molecule has 0 aromatic carbocycles. The molecule has 0 aromatic heterocycles. The molecular weight excluding hydrogens is 164 g/mol. The van der Waals surface area contributed by atoms with Gasteiger partial charge in [-0.2, -0.15) is 0 Å². The number of fused-ring (bicyclic) bond motifs is 1. The van der Waals surface area contributed by atoms with Crippen molar-refractivity contribution in [2.24, 2.45) is 17.8 Å². The van der Waals surface area contributed by atoms with Crippen LogP contribution in [-0.2, 0) is 0 Å². The molecule has 2 rings (SSSR count). The van der Waals surface area contributed by atoms with E-state index in [0.29, 0.717) is 0 Å². The second kappa shape index (κ2) is 1.73. The van der Waals surface area contributed by atoms with E-state index in [0.717, 1.165) is 17.8 Å². The SMILES string of the molecule is BrCC1C[C@H]2C[C@@H]2C1. The van der Waals surface area contributed by atoms with Crippen molar-refractivity contribution in [2.75, 3.05) is 5.33 Å². The Morgan fingerprint density at radius 1 is 1.12 bits per heavy atom. The van der Waals surface area contributed by atoms with Crippen LogP contribution >= 0.6 is 15.9 Å². The molecule has 2 saturated carbocycles. The summed E-state index contributed by atoms with van der Waals surface area (Å²) in [7, 11) is 0. The lowest BCUT2D eigenvalue weighted by Gasteiger charge is -2.03. The van der Waals surface area contributed by atoms with Crippen molar-refractivity contribution < 1.29 is 0 Å². The molecule has 46 valence electrons. The summed E-state index contributed by atoms with van der Waals surface area (Å²) in [6, 6.07) is 0. The minimum absolute atomic E-state index is 1.04. The molecule has 1 heteroatoms. The van der Waals surface area contributed by atoms with Crippen LogP contribution < -0.4 is 0 Å². The summed E-state index contributed by atoms with van der Waals surface area (Å²) in [6.07, 6.45) is 4.61. The summed E-state index contributed by atoms with van der Waals surface area (Å²) in [5, 5.41) is 1.25. The minimum Gasteiger partial charge on any atom is -0.0925 e. The first-order valence-electron chi connectivity index (χ1n) is 3.46. The van der Waals surface area contributed by atoms with Crippen molar-refractivity contribution in [2.45, 2.75) is 19.3 Å². The van der Waals surface area contributed by atoms with Crippen LogP contribution in [0.4, 0.5) is 0 Å². The van der Waals surface area contributed by atoms with E-state index < -0.39 is 0 Å². The van der Waals surface area contributed by atoms with Crippen LogP contribution in [-0.4, -0.2) is 5.33 Å². The largest absolute Gasteiger partial charge is 0.0925 e. The summed E-state index contributed by atoms with van der Waals surface area (Å²) in [6.45, 7) is 0. The van der Waals surface area contributed by atoms with E-state index >= 15 is 0 Å². The monoisotopic (exact) mass is 174 g/mol. The molecule has 0 N–H and O–H groups in total. The first kappa shape index (κ1) is 5.28. The van der Waals surface area contributed by atoms with Gasteiger partial charge in [0, 0.05) is 5.33 Å². The minimum atomic E-state index is 1.04. The van der Waals surface area contributed by atoms with Crippen molar-refractivity contribution in [1.82, 2.24) is 0 Å². The summed E-state index contributed by atoms with van der Waals surface area (Å²) in [4.78, 5) is 0. The zero-order chi connectivity index (χ0) is 5.56. The highest BCUT2D eigenvalue weighted by atomic mass is 79.9. The Hall–Kier alpha value is 0.480. The highest BCUT2D eigenvalue weighted by Crippen LogP contribution is 2.54. The highest BCUT2D eigenvalue weighted by molar-refractivity contribution is 9.09. The van der Waals surface area contributed by atoms with Gasteiger partial charge in [0.15, 0.2) is 0 Å². The molecule has 0 aromatic rings. The Morgan fingerprint density at radius 2 is 1.75 bits per heavy atom. The molecule has 2 atom stereocenters. The molecule has 0 heterocycles. The molecule has 0 unspecified atom stereocenters. The van der Waals surface area contributed by atoms with Crippen LogP contribution in [0.5, 0.6) is 0 Å². The summed E-state index contributed by atoms with van der Waals surface area (Å²) in [5.74, 6) is 3.37. The van der Waals surface area contributed by atoms with Gasteiger partial charge in [-0.25, -0.2) is 0 Å². The maximum atomic E-state index is 3.52. The number of alkyl halides is 1. The van der Waals surface area contributed by atoms with Gasteiger partial charge in [0.25, 0.3) is 0 Å². The predicted molar refractivity (Wildman–Crippen MR) is 38.1 cm³/mol. The standard InChI is InChI=1S/C7H11Br/c8-4-5-1-6-3-7(6)2-5/h5-7H,1-4H2/t6-,7-/m0/s1. The van der Waals surface area contributed by atoms with E-state index in [1.165, 1.54) is 18.2 Å². The molecule has 0 saturated heterocycles. The molecule has 0 radical (unpaired) electrons. The molecule has 2 fully saturated rings. The van der Waals surface area contributed by atoms with Gasteiger partial charge in [-0.1, -0.05) is 15.9 Å². The Morgan fingerprint density at radius 3 is 2.12 bits per heavy atom. The van der Waals surface area contributed by atoms with Crippen molar-refractivity contribution in [3.63, 3.8) is 0 Å². The van der Waals surface area contributed by atoms with Gasteiger partial charge < -0.3 is 0 Å². The van der Waals surface area contributed by atoms with Crippen LogP contribution in [0.3, 0.4) is 0 Å². The van der Waals surface area contributed by atoms with Crippen LogP contribution in [0, 0.1) is 17.8 Å². The average molecular weight is 175 g/mol. The molecule has 0 nitrogen and oxygen atoms in total. The van der Waals surface area contributed by atoms with Gasteiger partial charge in [0.1, 0.15) is 0 Å². The van der Waals surface area contributed by atoms with Gasteiger partial charge in [0.05, 0.1) is 0 Å². The van der Waals surface area contributed by atoms with Crippen LogP contribution in [0.25, 0.3) is 0 Å². The van der Waals surface area contributed by atoms with Gasteiger partial charge in [-0.3, -0.25) is 0 Å². The van der Waals surface area contributed by atoms with Crippen LogP contribution in [0.2, 0.25) is 0 Å². The number of hydrogen-bond donors (Lipinski definition) is 0. The van der Waals surface area contributed by atoms with E-state index in [4.69, 9.17) is 0 Å². The van der Waals surface area contributed by atoms with E-state index in [1.807, 2.05) is 0 Å². The molecule has 2 aliphatic carbocycles. The summed E-state index contributed by atoms with van der Waals surface area (Å²) in [5.41, 5.74) is 0. The fraction of sp³-hybridized carbons (Fsp3) is 1.00. The van der Waals surface area contributed by atoms with Crippen molar-refractivity contribution in [3.05, 3.63) is 0 Å². The van der Waals surface area contributed by atoms with Gasteiger partial charge in [-0.05, 0) is 37.0 Å². The third kappa shape index (κ3) is 0.717. The summed E-state index contributed by atoms with van der Waals surface area (Å²) >= 11 is 3.52. The molecule has 0 bridgehead atoms. The first-order chi connectivity index (χ1) is 3.90. The zero-order valence-corrected chi connectivity index (χ0v) is 6.52. The number of rotatable bonds is 1. The average Bonchev–Trinajstić information content (AvgIpc) is 2.40. The zero-order valence-electron chi connectivity index (χ0n) is 4.94. The van der Waals surface area contributed by atoms with Crippen LogP contribution in [0.1, 0.15) is 19.3 Å². The lowest BCUT2D eigenvalue weighted by atomic mass is 10.1. The van der Waals surface area contributed by atoms with Crippen LogP contribution in [0.15, 0.2) is 0 Å². The molecule has 0 aliphatic heterocycles. The number of hydrogen-bond acceptors (Lipinski definition) is 0. The third-order valence-corrected chi connectivity index (χ3v) is 3.48. The molecule has 2 aliphatic rings. The second-order valence-corrected chi connectivity index (χ2v) is 3.90. The Labute approximate surface area is 58.8 Å². The molecule has 0 spiro atoms. The smallest absolute Gasteiger partial charge is 0.00598 e. The fourth-order valence-corrected chi connectivity index (χ4v) is 2.49. The van der Waals surface area contributed by atoms with Gasteiger partial charge in [-0.15, -0.1) is 0 Å². The predicted octanol–water partition coefficient (Wildman–Crippen LogP) is 2.43. The third-order valence-electron chi connectivity index (χ3n) is 2.56. The van der Waals surface area contributed by atoms with Gasteiger partial charge >= 0.3 is 0 Å². The molecular formula is C7H11Br. The normalized spacial score (nSPS) is 44.6. The van der Waals surface area contributed by atoms with E-state index in [9.17, 15) is 0 Å². The molecule has 8 heavy (non-hydrogen) atoms. The Bertz CT molecular complexity index is 90.6. The second-order valence-electron chi connectivity index (χ2n) is 3.25. The van der Waals surface area contributed by atoms with Crippen molar-refractivity contribution >= 4 is 15.9 Å². The Balaban J connectivity index is 1.89. The van der Waals surface area contributed by atoms with E-state index in [1.54, 1.807) is 6.42 Å². The highest BCUT2D eigenvalue weighted by Gasteiger charge is 2.44. The topological polar surface area (TPSA) is 0 Å². The van der Waals surface area contributed by atoms with Gasteiger partial charge in [0.2, 0.25) is 0 Å². The van der Waals surface area contributed by atoms with Crippen molar-refractivity contribution in [3.8, 4) is 0 Å². The number of halogens is 1. The fourth-order valence-electron chi connectivity index (χ4n) is 1.97. The lowest BCUT2D eigenvalue weighted by Crippen LogP contribution is -1.96. The maximum absolute atomic E-state index is 3.52. The Kier molecular flexibility index (Phi) is 1.14. The quantitative estimate of drug-likeness (QED) is 0.537. The summed E-state index contributed by atoms with van der Waals surface area (Å²) < 4.78 is 0.